The van der Waals surface area contributed by atoms with Gasteiger partial charge in [0.15, 0.2) is 0 Å². The van der Waals surface area contributed by atoms with Gasteiger partial charge in [0.05, 0.1) is 17.9 Å². The molecule has 1 fully saturated rings. The zero-order valence-electron chi connectivity index (χ0n) is 22.7. The normalized spacial score (nSPS) is 21.9. The number of halogens is 4. The van der Waals surface area contributed by atoms with Crippen molar-refractivity contribution in [2.45, 2.75) is 37.6 Å². The third-order valence-corrected chi connectivity index (χ3v) is 9.14. The van der Waals surface area contributed by atoms with Gasteiger partial charge in [-0.25, -0.2) is 17.9 Å². The minimum Gasteiger partial charge on any atom is -0.489 e. The van der Waals surface area contributed by atoms with Crippen LogP contribution in [0, 0.1) is 5.92 Å². The van der Waals surface area contributed by atoms with Gasteiger partial charge in [0.25, 0.3) is 12.0 Å². The van der Waals surface area contributed by atoms with Crippen LogP contribution in [-0.2, 0) is 6.42 Å². The summed E-state index contributed by atoms with van der Waals surface area (Å²) in [6.07, 6.45) is 2.07. The van der Waals surface area contributed by atoms with E-state index in [-0.39, 0.29) is 29.3 Å². The van der Waals surface area contributed by atoms with E-state index in [1.54, 1.807) is 28.8 Å². The van der Waals surface area contributed by atoms with Crippen LogP contribution in [-0.4, -0.2) is 26.2 Å². The first-order valence-electron chi connectivity index (χ1n) is 14.0. The van der Waals surface area contributed by atoms with E-state index in [2.05, 4.69) is 16.9 Å². The van der Waals surface area contributed by atoms with Crippen LogP contribution < -0.4 is 10.3 Å². The van der Waals surface area contributed by atoms with Crippen LogP contribution >= 0.6 is 11.6 Å². The molecule has 3 unspecified atom stereocenters. The van der Waals surface area contributed by atoms with E-state index in [4.69, 9.17) is 16.3 Å². The highest BCUT2D eigenvalue weighted by atomic mass is 35.5. The summed E-state index contributed by atoms with van der Waals surface area (Å²) in [7, 11) is 0. The van der Waals surface area contributed by atoms with Gasteiger partial charge < -0.3 is 9.30 Å². The predicted octanol–water partition coefficient (Wildman–Crippen LogP) is 7.55. The molecule has 0 spiro atoms. The van der Waals surface area contributed by atoms with Crippen LogP contribution in [0.3, 0.4) is 0 Å². The summed E-state index contributed by atoms with van der Waals surface area (Å²) in [5.74, 6) is 0.856. The molecule has 3 atom stereocenters. The second kappa shape index (κ2) is 9.57. The third kappa shape index (κ3) is 4.28. The van der Waals surface area contributed by atoms with E-state index in [1.165, 1.54) is 16.9 Å². The van der Waals surface area contributed by atoms with Crippen LogP contribution in [0.15, 0.2) is 89.2 Å². The Morgan fingerprint density at radius 3 is 2.74 bits per heavy atom. The Balaban J connectivity index is 1.12. The number of pyridine rings is 1. The van der Waals surface area contributed by atoms with Crippen LogP contribution in [0.1, 0.15) is 53.7 Å². The number of nitrogens with zero attached hydrogens (tertiary/aromatic N) is 4. The predicted molar refractivity (Wildman–Crippen MR) is 156 cm³/mol. The van der Waals surface area contributed by atoms with Gasteiger partial charge in [0.1, 0.15) is 23.9 Å². The third-order valence-electron chi connectivity index (χ3n) is 8.90. The fourth-order valence-corrected chi connectivity index (χ4v) is 7.02. The molecular weight excluding hydrogens is 577 g/mol. The molecule has 0 saturated heterocycles. The highest BCUT2D eigenvalue weighted by Crippen LogP contribution is 2.62. The van der Waals surface area contributed by atoms with Crippen LogP contribution in [0.25, 0.3) is 22.4 Å². The number of aromatic nitrogens is 4. The minimum atomic E-state index is -2.76. The Bertz CT molecular complexity index is 1990. The summed E-state index contributed by atoms with van der Waals surface area (Å²) in [4.78, 5) is 13.7. The Labute approximate surface area is 249 Å². The molecular formula is C33H24ClF3N4O2. The molecule has 8 rings (SSSR count). The lowest BCUT2D eigenvalue weighted by atomic mass is 9.94. The van der Waals surface area contributed by atoms with Gasteiger partial charge in [-0.2, -0.15) is 0 Å². The summed E-state index contributed by atoms with van der Waals surface area (Å²) < 4.78 is 50.8. The van der Waals surface area contributed by atoms with Gasteiger partial charge in [-0.05, 0) is 88.6 Å². The molecule has 2 aromatic carbocycles. The topological polar surface area (TPSA) is 61.9 Å². The van der Waals surface area contributed by atoms with Crippen molar-refractivity contribution in [1.29, 1.82) is 0 Å². The number of hydrogen-bond donors (Lipinski definition) is 0. The molecule has 10 heteroatoms. The second-order valence-corrected chi connectivity index (χ2v) is 12.1. The quantitative estimate of drug-likeness (QED) is 0.222. The Hall–Kier alpha value is -4.37. The van der Waals surface area contributed by atoms with Crippen LogP contribution in [0.5, 0.6) is 5.75 Å². The van der Waals surface area contributed by atoms with Crippen LogP contribution in [0.4, 0.5) is 13.2 Å². The number of benzene rings is 2. The monoisotopic (exact) mass is 600 g/mol. The number of alkyl halides is 2. The van der Waals surface area contributed by atoms with Gasteiger partial charge in [-0.1, -0.05) is 35.5 Å². The standard InChI is InChI=1S/C33H24ClF3N4O2/c1-16-6-18-3-2-17(10-30(18)43-15-16)22-7-20(8-26(22)35)32-25-13-24(25)29-9-19(11-31(42)41(29)32)23-12-21(34)4-5-28(23)40-14-27(33(36)37)38-39-40/h2-5,8-12,14,24-25,32-33H,1,6-7,13,15H2. The van der Waals surface area contributed by atoms with E-state index in [9.17, 15) is 13.6 Å². The van der Waals surface area contributed by atoms with Gasteiger partial charge in [0, 0.05) is 34.7 Å². The van der Waals surface area contributed by atoms with Crippen molar-refractivity contribution in [1.82, 2.24) is 19.6 Å². The smallest absolute Gasteiger partial charge is 0.283 e. The number of fused-ring (bicyclic) bond motifs is 4. The lowest BCUT2D eigenvalue weighted by Gasteiger charge is -2.22. The molecule has 4 aliphatic rings. The number of hydrogen-bond acceptors (Lipinski definition) is 4. The molecule has 6 nitrogen and oxygen atoms in total. The van der Waals surface area contributed by atoms with Gasteiger partial charge in [-0.15, -0.1) is 5.10 Å². The molecule has 2 aliphatic carbocycles. The number of rotatable bonds is 5. The first-order valence-corrected chi connectivity index (χ1v) is 14.4. The average molecular weight is 601 g/mol. The van der Waals surface area contributed by atoms with Gasteiger partial charge >= 0.3 is 0 Å². The lowest BCUT2D eigenvalue weighted by molar-refractivity contribution is 0.146. The summed E-state index contributed by atoms with van der Waals surface area (Å²) in [6.45, 7) is 4.46. The van der Waals surface area contributed by atoms with Crippen LogP contribution in [0.2, 0.25) is 5.02 Å². The van der Waals surface area contributed by atoms with Gasteiger partial charge in [-0.3, -0.25) is 4.79 Å². The number of ether oxygens (including phenoxy) is 1. The molecule has 216 valence electrons. The van der Waals surface area contributed by atoms with E-state index < -0.39 is 12.1 Å². The summed E-state index contributed by atoms with van der Waals surface area (Å²) in [5, 5.41) is 7.87. The molecule has 2 aliphatic heterocycles. The molecule has 43 heavy (non-hydrogen) atoms. The Morgan fingerprint density at radius 1 is 1.07 bits per heavy atom. The van der Waals surface area contributed by atoms with Crippen molar-refractivity contribution in [3.8, 4) is 22.6 Å². The Kier molecular flexibility index (Phi) is 5.85. The van der Waals surface area contributed by atoms with Crippen molar-refractivity contribution in [2.75, 3.05) is 6.61 Å². The minimum absolute atomic E-state index is 0.176. The maximum atomic E-state index is 15.5. The van der Waals surface area contributed by atoms with Crippen molar-refractivity contribution in [3.05, 3.63) is 122 Å². The first kappa shape index (κ1) is 26.3. The molecule has 0 amide bonds. The Morgan fingerprint density at radius 2 is 1.93 bits per heavy atom. The van der Waals surface area contributed by atoms with E-state index in [0.717, 1.165) is 46.6 Å². The van der Waals surface area contributed by atoms with Crippen molar-refractivity contribution < 1.29 is 17.9 Å². The van der Waals surface area contributed by atoms with E-state index in [0.29, 0.717) is 40.4 Å². The summed E-state index contributed by atoms with van der Waals surface area (Å²) in [5.41, 5.74) is 6.19. The van der Waals surface area contributed by atoms with E-state index >= 15 is 4.39 Å². The summed E-state index contributed by atoms with van der Waals surface area (Å²) in [6, 6.07) is 14.0. The zero-order valence-corrected chi connectivity index (χ0v) is 23.5. The van der Waals surface area contributed by atoms with Crippen molar-refractivity contribution in [3.63, 3.8) is 0 Å². The van der Waals surface area contributed by atoms with Crippen molar-refractivity contribution in [2.24, 2.45) is 5.92 Å². The maximum Gasteiger partial charge on any atom is 0.283 e. The fourth-order valence-electron chi connectivity index (χ4n) is 6.85. The van der Waals surface area contributed by atoms with Gasteiger partial charge in [0.2, 0.25) is 0 Å². The largest absolute Gasteiger partial charge is 0.489 e. The fraction of sp³-hybridized carbons (Fsp3) is 0.242. The zero-order chi connectivity index (χ0) is 29.6. The maximum absolute atomic E-state index is 15.5. The average Bonchev–Trinajstić information content (AvgIpc) is 3.28. The lowest BCUT2D eigenvalue weighted by Crippen LogP contribution is -2.26. The molecule has 0 bridgehead atoms. The first-order chi connectivity index (χ1) is 20.7. The molecule has 0 radical (unpaired) electrons. The highest BCUT2D eigenvalue weighted by molar-refractivity contribution is 6.31. The summed E-state index contributed by atoms with van der Waals surface area (Å²) >= 11 is 6.33. The number of allylic oxidation sites excluding steroid dienone is 4. The van der Waals surface area contributed by atoms with Crippen molar-refractivity contribution >= 4 is 17.2 Å². The highest BCUT2D eigenvalue weighted by Gasteiger charge is 2.54. The molecule has 2 aromatic heterocycles. The molecule has 4 heterocycles. The molecule has 4 aromatic rings. The molecule has 1 saturated carbocycles. The second-order valence-electron chi connectivity index (χ2n) is 11.6. The van der Waals surface area contributed by atoms with E-state index in [1.807, 2.05) is 24.3 Å². The molecule has 0 N–H and O–H groups in total. The SMILES string of the molecule is C=C1COc2cc(C3=C(F)C=C(C4C5CC5c5cc(-c6cc(Cl)ccc6-n6cc(C(F)F)nn6)cc(=O)n54)C3)ccc2C1.